The van der Waals surface area contributed by atoms with Gasteiger partial charge in [0.2, 0.25) is 5.95 Å². The van der Waals surface area contributed by atoms with Crippen LogP contribution in [0.15, 0.2) is 24.5 Å². The summed E-state index contributed by atoms with van der Waals surface area (Å²) in [6.07, 6.45) is 5.73. The van der Waals surface area contributed by atoms with E-state index in [1.54, 1.807) is 18.0 Å². The summed E-state index contributed by atoms with van der Waals surface area (Å²) in [4.78, 5) is 22.5. The third kappa shape index (κ3) is 3.11. The number of likely N-dealkylation sites (tertiary alicyclic amines) is 1. The number of benzene rings is 1. The molecule has 152 valence electrons. The second kappa shape index (κ2) is 6.77. The first-order valence-corrected chi connectivity index (χ1v) is 9.76. The zero-order valence-corrected chi connectivity index (χ0v) is 16.6. The highest BCUT2D eigenvalue weighted by Gasteiger charge is 2.42. The number of hydrogen-bond acceptors (Lipinski definition) is 5. The summed E-state index contributed by atoms with van der Waals surface area (Å²) in [5.74, 6) is 1.08. The number of anilines is 1. The van der Waals surface area contributed by atoms with Crippen LogP contribution in [0.3, 0.4) is 0 Å². The van der Waals surface area contributed by atoms with E-state index in [-0.39, 0.29) is 11.4 Å². The zero-order valence-electron chi connectivity index (χ0n) is 16.6. The Morgan fingerprint density at radius 1 is 1.38 bits per heavy atom. The summed E-state index contributed by atoms with van der Waals surface area (Å²) in [6.45, 7) is 2.99. The van der Waals surface area contributed by atoms with Gasteiger partial charge in [-0.3, -0.25) is 10.00 Å². The molecule has 2 saturated heterocycles. The maximum Gasteiger partial charge on any atom is 0.324 e. The molecule has 2 aliphatic heterocycles. The van der Waals surface area contributed by atoms with E-state index >= 15 is 0 Å². The predicted molar refractivity (Wildman–Crippen MR) is 108 cm³/mol. The quantitative estimate of drug-likeness (QED) is 0.709. The minimum absolute atomic E-state index is 0.127. The Hall–Kier alpha value is -3.07. The van der Waals surface area contributed by atoms with Gasteiger partial charge in [-0.15, -0.1) is 0 Å². The molecule has 1 atom stereocenters. The molecule has 3 aromatic rings. The minimum Gasteiger partial charge on any atom is -0.494 e. The predicted octanol–water partition coefficient (Wildman–Crippen LogP) is 2.62. The molecule has 1 spiro atoms. The first-order chi connectivity index (χ1) is 14.1. The molecular formula is C20H24N6O3. The van der Waals surface area contributed by atoms with Crippen LogP contribution >= 0.6 is 0 Å². The van der Waals surface area contributed by atoms with Crippen LogP contribution in [0.1, 0.15) is 12.8 Å². The Morgan fingerprint density at radius 2 is 2.28 bits per heavy atom. The number of aryl methyl sites for hydroxylation is 1. The van der Waals surface area contributed by atoms with E-state index in [1.165, 1.54) is 0 Å². The summed E-state index contributed by atoms with van der Waals surface area (Å²) in [6, 6.07) is 3.70. The van der Waals surface area contributed by atoms with Crippen molar-refractivity contribution in [3.8, 4) is 16.9 Å². The molecule has 9 nitrogen and oxygen atoms in total. The fraction of sp³-hybridized carbons (Fsp3) is 0.450. The Labute approximate surface area is 168 Å². The molecule has 2 aromatic heterocycles. The summed E-state index contributed by atoms with van der Waals surface area (Å²) < 4.78 is 12.8. The number of rotatable bonds is 3. The van der Waals surface area contributed by atoms with Crippen LogP contribution in [0.5, 0.6) is 5.75 Å². The van der Waals surface area contributed by atoms with Crippen LogP contribution in [0.2, 0.25) is 0 Å². The van der Waals surface area contributed by atoms with Gasteiger partial charge >= 0.3 is 6.03 Å². The highest BCUT2D eigenvalue weighted by molar-refractivity contribution is 5.98. The maximum atomic E-state index is 12.8. The second-order valence-electron chi connectivity index (χ2n) is 7.93. The maximum absolute atomic E-state index is 12.8. The monoisotopic (exact) mass is 396 g/mol. The number of H-pyrrole nitrogens is 1. The molecule has 2 aliphatic rings. The zero-order chi connectivity index (χ0) is 20.0. The molecule has 0 radical (unpaired) electrons. The van der Waals surface area contributed by atoms with Gasteiger partial charge in [0.15, 0.2) is 0 Å². The molecule has 2 amide bonds. The Bertz CT molecular complexity index is 1070. The number of nitrogens with one attached hydrogen (secondary N) is 2. The molecule has 29 heavy (non-hydrogen) atoms. The number of carbonyl (C=O) groups excluding carboxylic acids is 1. The van der Waals surface area contributed by atoms with Crippen molar-refractivity contribution in [3.05, 3.63) is 24.5 Å². The van der Waals surface area contributed by atoms with Gasteiger partial charge in [-0.2, -0.15) is 5.10 Å². The lowest BCUT2D eigenvalue weighted by Crippen LogP contribution is -2.35. The third-order valence-corrected chi connectivity index (χ3v) is 5.98. The van der Waals surface area contributed by atoms with Crippen LogP contribution in [0.4, 0.5) is 10.7 Å². The number of methoxy groups -OCH3 is 1. The first-order valence-electron chi connectivity index (χ1n) is 9.76. The topological polar surface area (TPSA) is 97.3 Å². The van der Waals surface area contributed by atoms with E-state index in [2.05, 4.69) is 20.4 Å². The number of carbonyl (C=O) groups is 1. The average Bonchev–Trinajstić information content (AvgIpc) is 3.49. The minimum atomic E-state index is -0.144. The highest BCUT2D eigenvalue weighted by Crippen LogP contribution is 2.38. The van der Waals surface area contributed by atoms with E-state index in [1.807, 2.05) is 30.3 Å². The number of urea groups is 1. The van der Waals surface area contributed by atoms with Gasteiger partial charge in [-0.1, -0.05) is 0 Å². The van der Waals surface area contributed by atoms with Crippen molar-refractivity contribution in [1.82, 2.24) is 24.6 Å². The van der Waals surface area contributed by atoms with E-state index in [0.717, 1.165) is 61.3 Å². The standard InChI is InChI=1S/C20H24N6O3/c1-25-10-13(9-21-25)14-3-4-15(28-2)17-16(14)22-18(23-17)24-19(27)26-7-5-20(11-26)6-8-29-12-20/h3-4,9-10H,5-8,11-12H2,1-2H3,(H2,22,23,24,27)/t20-/m1/s1. The van der Waals surface area contributed by atoms with Gasteiger partial charge < -0.3 is 19.4 Å². The fourth-order valence-electron chi connectivity index (χ4n) is 4.35. The normalized spacial score (nSPS) is 21.4. The number of aromatic nitrogens is 4. The number of nitrogens with zero attached hydrogens (tertiary/aromatic N) is 4. The number of hydrogen-bond donors (Lipinski definition) is 2. The first kappa shape index (κ1) is 18.0. The Kier molecular flexibility index (Phi) is 4.20. The van der Waals surface area contributed by atoms with Crippen LogP contribution in [0.25, 0.3) is 22.2 Å². The second-order valence-corrected chi connectivity index (χ2v) is 7.93. The molecule has 5 rings (SSSR count). The van der Waals surface area contributed by atoms with Crippen molar-refractivity contribution in [1.29, 1.82) is 0 Å². The fourth-order valence-corrected chi connectivity index (χ4v) is 4.35. The summed E-state index contributed by atoms with van der Waals surface area (Å²) in [5.41, 5.74) is 3.48. The summed E-state index contributed by atoms with van der Waals surface area (Å²) in [5, 5.41) is 7.16. The van der Waals surface area contributed by atoms with Gasteiger partial charge in [0.1, 0.15) is 16.8 Å². The lowest BCUT2D eigenvalue weighted by atomic mass is 9.87. The summed E-state index contributed by atoms with van der Waals surface area (Å²) >= 11 is 0. The van der Waals surface area contributed by atoms with Gasteiger partial charge in [0.05, 0.1) is 19.9 Å². The van der Waals surface area contributed by atoms with E-state index in [0.29, 0.717) is 11.7 Å². The SMILES string of the molecule is COc1ccc(-c2cnn(C)c2)c2nc(NC(=O)N3CC[C@@]4(CCOC4)C3)[nH]c12. The lowest BCUT2D eigenvalue weighted by Gasteiger charge is -2.21. The van der Waals surface area contributed by atoms with Gasteiger partial charge in [0, 0.05) is 49.5 Å². The molecule has 1 aromatic carbocycles. The van der Waals surface area contributed by atoms with E-state index in [9.17, 15) is 4.79 Å². The molecule has 9 heteroatoms. The van der Waals surface area contributed by atoms with Gasteiger partial charge in [-0.05, 0) is 25.0 Å². The molecule has 0 saturated carbocycles. The van der Waals surface area contributed by atoms with Crippen molar-refractivity contribution in [2.24, 2.45) is 12.5 Å². The Balaban J connectivity index is 1.43. The molecule has 0 bridgehead atoms. The number of aromatic amines is 1. The van der Waals surface area contributed by atoms with Crippen molar-refractivity contribution < 1.29 is 14.3 Å². The van der Waals surface area contributed by atoms with Crippen molar-refractivity contribution in [2.75, 3.05) is 38.7 Å². The van der Waals surface area contributed by atoms with E-state index < -0.39 is 0 Å². The molecular weight excluding hydrogens is 372 g/mol. The molecule has 2 fully saturated rings. The highest BCUT2D eigenvalue weighted by atomic mass is 16.5. The molecule has 2 N–H and O–H groups in total. The third-order valence-electron chi connectivity index (χ3n) is 5.98. The number of amides is 2. The number of ether oxygens (including phenoxy) is 2. The van der Waals surface area contributed by atoms with Crippen LogP contribution in [-0.4, -0.2) is 64.1 Å². The number of imidazole rings is 1. The molecule has 0 aliphatic carbocycles. The largest absolute Gasteiger partial charge is 0.494 e. The van der Waals surface area contributed by atoms with Crippen LogP contribution in [0, 0.1) is 5.41 Å². The summed E-state index contributed by atoms with van der Waals surface area (Å²) in [7, 11) is 3.49. The van der Waals surface area contributed by atoms with Crippen LogP contribution < -0.4 is 10.1 Å². The van der Waals surface area contributed by atoms with Gasteiger partial charge in [-0.25, -0.2) is 9.78 Å². The van der Waals surface area contributed by atoms with E-state index in [4.69, 9.17) is 9.47 Å². The van der Waals surface area contributed by atoms with Crippen molar-refractivity contribution in [3.63, 3.8) is 0 Å². The Morgan fingerprint density at radius 3 is 3.00 bits per heavy atom. The van der Waals surface area contributed by atoms with Crippen molar-refractivity contribution >= 4 is 23.0 Å². The smallest absolute Gasteiger partial charge is 0.324 e. The molecule has 0 unspecified atom stereocenters. The van der Waals surface area contributed by atoms with Crippen molar-refractivity contribution in [2.45, 2.75) is 12.8 Å². The number of fused-ring (bicyclic) bond motifs is 1. The van der Waals surface area contributed by atoms with Crippen LogP contribution in [-0.2, 0) is 11.8 Å². The molecule has 4 heterocycles. The average molecular weight is 396 g/mol. The lowest BCUT2D eigenvalue weighted by molar-refractivity contribution is 0.154. The van der Waals surface area contributed by atoms with Gasteiger partial charge in [0.25, 0.3) is 0 Å².